The fourth-order valence-electron chi connectivity index (χ4n) is 1.50. The summed E-state index contributed by atoms with van der Waals surface area (Å²) in [6.07, 6.45) is -1.47. The van der Waals surface area contributed by atoms with Crippen LogP contribution in [0.1, 0.15) is 12.0 Å². The lowest BCUT2D eigenvalue weighted by Crippen LogP contribution is -2.25. The first-order valence-corrected chi connectivity index (χ1v) is 6.30. The third kappa shape index (κ3) is 5.48. The highest BCUT2D eigenvalue weighted by atomic mass is 35.5. The van der Waals surface area contributed by atoms with Gasteiger partial charge in [-0.15, -0.1) is 0 Å². The monoisotopic (exact) mass is 297 g/mol. The molecule has 18 heavy (non-hydrogen) atoms. The van der Waals surface area contributed by atoms with Gasteiger partial charge in [0.05, 0.1) is 0 Å². The molecule has 0 spiro atoms. The molecule has 0 aromatic heterocycles. The van der Waals surface area contributed by atoms with Crippen LogP contribution >= 0.6 is 23.2 Å². The van der Waals surface area contributed by atoms with E-state index in [2.05, 4.69) is 0 Å². The normalized spacial score (nSPS) is 13.0. The van der Waals surface area contributed by atoms with E-state index in [-0.39, 0.29) is 12.6 Å². The van der Waals surface area contributed by atoms with Crippen LogP contribution in [0.25, 0.3) is 0 Å². The average Bonchev–Trinajstić information content (AvgIpc) is 2.29. The Bertz CT molecular complexity index is 357. The van der Waals surface area contributed by atoms with Crippen LogP contribution in [0, 0.1) is 0 Å². The first kappa shape index (κ1) is 15.6. The number of rotatable bonds is 7. The van der Waals surface area contributed by atoms with E-state index in [1.807, 2.05) is 0 Å². The number of hydrogen-bond donors (Lipinski definition) is 1. The summed E-state index contributed by atoms with van der Waals surface area (Å²) in [5.74, 6) is 0. The van der Waals surface area contributed by atoms with Crippen LogP contribution in [-0.4, -0.2) is 25.7 Å². The molecule has 0 amide bonds. The Morgan fingerprint density at radius 2 is 1.83 bits per heavy atom. The molecule has 0 saturated heterocycles. The highest BCUT2D eigenvalue weighted by Gasteiger charge is 2.11. The summed E-state index contributed by atoms with van der Waals surface area (Å²) in [4.78, 5) is 0. The Morgan fingerprint density at radius 3 is 2.39 bits per heavy atom. The third-order valence-electron chi connectivity index (χ3n) is 2.40. The van der Waals surface area contributed by atoms with E-state index in [1.165, 1.54) is 0 Å². The van der Waals surface area contributed by atoms with Crippen molar-refractivity contribution < 1.29 is 13.5 Å². The van der Waals surface area contributed by atoms with Gasteiger partial charge < -0.3 is 10.5 Å². The first-order chi connectivity index (χ1) is 8.50. The van der Waals surface area contributed by atoms with Gasteiger partial charge in [-0.3, -0.25) is 0 Å². The molecule has 0 fully saturated rings. The molecule has 0 aliphatic rings. The Morgan fingerprint density at radius 1 is 1.22 bits per heavy atom. The van der Waals surface area contributed by atoms with Gasteiger partial charge >= 0.3 is 0 Å². The standard InChI is InChI=1S/C12H15Cl2F2NO/c13-10-2-1-3-11(14)9(10)6-8(17)4-5-18-7-12(15)16/h1-3,8,12H,4-7,17H2. The van der Waals surface area contributed by atoms with Crippen molar-refractivity contribution in [3.63, 3.8) is 0 Å². The van der Waals surface area contributed by atoms with Crippen molar-refractivity contribution in [2.24, 2.45) is 5.73 Å². The quantitative estimate of drug-likeness (QED) is 0.782. The number of hydrogen-bond acceptors (Lipinski definition) is 2. The molecular formula is C12H15Cl2F2NO. The molecule has 0 bridgehead atoms. The molecule has 0 aliphatic carbocycles. The predicted molar refractivity (Wildman–Crippen MR) is 69.6 cm³/mol. The van der Waals surface area contributed by atoms with Gasteiger partial charge in [0.25, 0.3) is 6.43 Å². The largest absolute Gasteiger partial charge is 0.375 e. The van der Waals surface area contributed by atoms with Crippen LogP contribution in [0.5, 0.6) is 0 Å². The fourth-order valence-corrected chi connectivity index (χ4v) is 2.05. The zero-order valence-electron chi connectivity index (χ0n) is 9.71. The van der Waals surface area contributed by atoms with Crippen molar-refractivity contribution in [1.82, 2.24) is 0 Å². The van der Waals surface area contributed by atoms with Crippen LogP contribution in [0.15, 0.2) is 18.2 Å². The van der Waals surface area contributed by atoms with Gasteiger partial charge in [-0.1, -0.05) is 29.3 Å². The number of nitrogens with two attached hydrogens (primary N) is 1. The van der Waals surface area contributed by atoms with Gasteiger partial charge in [0.1, 0.15) is 6.61 Å². The van der Waals surface area contributed by atoms with Gasteiger partial charge in [0, 0.05) is 22.7 Å². The lowest BCUT2D eigenvalue weighted by molar-refractivity contribution is 0.0153. The lowest BCUT2D eigenvalue weighted by atomic mass is 10.0. The molecule has 1 unspecified atom stereocenters. The predicted octanol–water partition coefficient (Wildman–Crippen LogP) is 3.54. The number of halogens is 4. The Labute approximate surface area is 115 Å². The smallest absolute Gasteiger partial charge is 0.261 e. The highest BCUT2D eigenvalue weighted by molar-refractivity contribution is 6.35. The van der Waals surface area contributed by atoms with E-state index in [9.17, 15) is 8.78 Å². The topological polar surface area (TPSA) is 35.2 Å². The van der Waals surface area contributed by atoms with Crippen LogP contribution in [0.3, 0.4) is 0 Å². The minimum Gasteiger partial charge on any atom is -0.375 e. The van der Waals surface area contributed by atoms with E-state index >= 15 is 0 Å². The van der Waals surface area contributed by atoms with Crippen molar-refractivity contribution in [1.29, 1.82) is 0 Å². The molecule has 1 rings (SSSR count). The maximum Gasteiger partial charge on any atom is 0.261 e. The minimum atomic E-state index is -2.45. The molecule has 1 aromatic rings. The van der Waals surface area contributed by atoms with Crippen molar-refractivity contribution in [3.05, 3.63) is 33.8 Å². The third-order valence-corrected chi connectivity index (χ3v) is 3.11. The molecule has 0 aliphatic heterocycles. The zero-order valence-corrected chi connectivity index (χ0v) is 11.2. The minimum absolute atomic E-state index is 0.202. The van der Waals surface area contributed by atoms with Gasteiger partial charge in [-0.25, -0.2) is 8.78 Å². The summed E-state index contributed by atoms with van der Waals surface area (Å²) >= 11 is 12.0. The number of ether oxygens (including phenoxy) is 1. The molecule has 1 atom stereocenters. The fraction of sp³-hybridized carbons (Fsp3) is 0.500. The van der Waals surface area contributed by atoms with E-state index in [0.717, 1.165) is 5.56 Å². The van der Waals surface area contributed by atoms with E-state index < -0.39 is 13.0 Å². The van der Waals surface area contributed by atoms with Gasteiger partial charge in [-0.05, 0) is 30.5 Å². The number of benzene rings is 1. The van der Waals surface area contributed by atoms with Crippen LogP contribution in [-0.2, 0) is 11.2 Å². The molecule has 6 heteroatoms. The molecule has 0 radical (unpaired) electrons. The second kappa shape index (κ2) is 7.89. The summed E-state index contributed by atoms with van der Waals surface area (Å²) in [5.41, 5.74) is 6.66. The maximum absolute atomic E-state index is 11.8. The van der Waals surface area contributed by atoms with E-state index in [4.69, 9.17) is 33.7 Å². The molecule has 102 valence electrons. The van der Waals surface area contributed by atoms with Crippen molar-refractivity contribution in [3.8, 4) is 0 Å². The molecular weight excluding hydrogens is 283 g/mol. The lowest BCUT2D eigenvalue weighted by Gasteiger charge is -2.14. The summed E-state index contributed by atoms with van der Waals surface area (Å²) < 4.78 is 28.4. The molecule has 2 nitrogen and oxygen atoms in total. The summed E-state index contributed by atoms with van der Waals surface area (Å²) in [6, 6.07) is 5.01. The van der Waals surface area contributed by atoms with Crippen molar-refractivity contribution in [2.75, 3.05) is 13.2 Å². The maximum atomic E-state index is 11.8. The Balaban J connectivity index is 2.38. The second-order valence-electron chi connectivity index (χ2n) is 3.92. The van der Waals surface area contributed by atoms with Gasteiger partial charge in [-0.2, -0.15) is 0 Å². The van der Waals surface area contributed by atoms with Gasteiger partial charge in [0.15, 0.2) is 0 Å². The van der Waals surface area contributed by atoms with Crippen molar-refractivity contribution >= 4 is 23.2 Å². The Hall–Kier alpha value is -0.420. The Kier molecular flexibility index (Phi) is 6.86. The summed E-state index contributed by atoms with van der Waals surface area (Å²) in [5, 5.41) is 1.12. The molecule has 2 N–H and O–H groups in total. The van der Waals surface area contributed by atoms with Crippen LogP contribution in [0.4, 0.5) is 8.78 Å². The highest BCUT2D eigenvalue weighted by Crippen LogP contribution is 2.25. The number of alkyl halides is 2. The molecule has 0 heterocycles. The second-order valence-corrected chi connectivity index (χ2v) is 4.73. The average molecular weight is 298 g/mol. The first-order valence-electron chi connectivity index (χ1n) is 5.55. The van der Waals surface area contributed by atoms with Crippen molar-refractivity contribution in [2.45, 2.75) is 25.3 Å². The summed E-state index contributed by atoms with van der Waals surface area (Å²) in [7, 11) is 0. The summed E-state index contributed by atoms with van der Waals surface area (Å²) in [6.45, 7) is -0.354. The molecule has 1 aromatic carbocycles. The molecule has 0 saturated carbocycles. The van der Waals surface area contributed by atoms with E-state index in [1.54, 1.807) is 18.2 Å². The van der Waals surface area contributed by atoms with E-state index in [0.29, 0.717) is 22.9 Å². The van der Waals surface area contributed by atoms with Crippen LogP contribution in [0.2, 0.25) is 10.0 Å². The SMILES string of the molecule is NC(CCOCC(F)F)Cc1c(Cl)cccc1Cl. The van der Waals surface area contributed by atoms with Crippen LogP contribution < -0.4 is 5.73 Å². The zero-order chi connectivity index (χ0) is 13.5. The van der Waals surface area contributed by atoms with Gasteiger partial charge in [0.2, 0.25) is 0 Å².